The molecule has 0 aromatic carbocycles. The Balaban J connectivity index is 1.80. The van der Waals surface area contributed by atoms with E-state index in [1.807, 2.05) is 11.5 Å². The number of hydrogen-bond donors (Lipinski definition) is 1. The summed E-state index contributed by atoms with van der Waals surface area (Å²) < 4.78 is 8.44. The third kappa shape index (κ3) is 2.66. The molecule has 15 heavy (non-hydrogen) atoms. The van der Waals surface area contributed by atoms with E-state index < -0.39 is 0 Å². The monoisotopic (exact) mass is 227 g/mol. The molecule has 1 N–H and O–H groups in total. The van der Waals surface area contributed by atoms with Gasteiger partial charge in [-0.3, -0.25) is 5.10 Å². The number of nitrogens with one attached hydrogen (secondary N) is 1. The van der Waals surface area contributed by atoms with Gasteiger partial charge in [-0.1, -0.05) is 12.8 Å². The van der Waals surface area contributed by atoms with Crippen LogP contribution in [0.25, 0.3) is 0 Å². The summed E-state index contributed by atoms with van der Waals surface area (Å²) in [6, 6.07) is 0. The molecule has 0 aliphatic heterocycles. The van der Waals surface area contributed by atoms with E-state index in [1.165, 1.54) is 25.7 Å². The van der Waals surface area contributed by atoms with Crippen LogP contribution in [-0.4, -0.2) is 27.5 Å². The molecule has 4 nitrogen and oxygen atoms in total. The third-order valence-corrected chi connectivity index (χ3v) is 3.23. The van der Waals surface area contributed by atoms with E-state index in [-0.39, 0.29) is 0 Å². The molecule has 0 unspecified atom stereocenters. The Bertz CT molecular complexity index is 365. The highest BCUT2D eigenvalue weighted by Crippen LogP contribution is 2.20. The number of aromatic nitrogens is 3. The summed E-state index contributed by atoms with van der Waals surface area (Å²) in [5.74, 6) is 0.926. The highest BCUT2D eigenvalue weighted by molar-refractivity contribution is 7.71. The molecule has 0 saturated heterocycles. The lowest BCUT2D eigenvalue weighted by Crippen LogP contribution is -2.14. The summed E-state index contributed by atoms with van der Waals surface area (Å²) in [5.41, 5.74) is 0. The van der Waals surface area contributed by atoms with Gasteiger partial charge in [-0.25, -0.2) is 0 Å². The van der Waals surface area contributed by atoms with Gasteiger partial charge in [0.15, 0.2) is 4.77 Å². The Morgan fingerprint density at radius 2 is 2.27 bits per heavy atom. The van der Waals surface area contributed by atoms with Crippen LogP contribution in [0.15, 0.2) is 0 Å². The standard InChI is InChI=1S/C10H17N3OS/c1-8-11-12-10(15)13(8)6-7-14-9-4-2-3-5-9/h9H,2-7H2,1H3,(H,12,15). The summed E-state index contributed by atoms with van der Waals surface area (Å²) in [6.07, 6.45) is 5.54. The van der Waals surface area contributed by atoms with Crippen molar-refractivity contribution in [3.05, 3.63) is 10.6 Å². The molecule has 1 fully saturated rings. The van der Waals surface area contributed by atoms with Crippen LogP contribution in [-0.2, 0) is 11.3 Å². The SMILES string of the molecule is Cc1n[nH]c(=S)n1CCOC1CCCC1. The molecule has 1 aromatic rings. The molecule has 1 aromatic heterocycles. The Morgan fingerprint density at radius 1 is 1.53 bits per heavy atom. The molecule has 5 heteroatoms. The van der Waals surface area contributed by atoms with Crippen molar-refractivity contribution in [3.63, 3.8) is 0 Å². The fourth-order valence-electron chi connectivity index (χ4n) is 2.03. The van der Waals surface area contributed by atoms with Gasteiger partial charge in [0.25, 0.3) is 0 Å². The smallest absolute Gasteiger partial charge is 0.195 e. The summed E-state index contributed by atoms with van der Waals surface area (Å²) in [6.45, 7) is 3.49. The van der Waals surface area contributed by atoms with E-state index >= 15 is 0 Å². The van der Waals surface area contributed by atoms with Crippen molar-refractivity contribution in [3.8, 4) is 0 Å². The molecular formula is C10H17N3OS. The molecule has 1 aliphatic rings. The number of nitrogens with zero attached hydrogens (tertiary/aromatic N) is 2. The molecule has 0 bridgehead atoms. The first-order valence-corrected chi connectivity index (χ1v) is 5.91. The zero-order chi connectivity index (χ0) is 10.7. The molecular weight excluding hydrogens is 210 g/mol. The van der Waals surface area contributed by atoms with Gasteiger partial charge in [-0.05, 0) is 32.0 Å². The fraction of sp³-hybridized carbons (Fsp3) is 0.800. The minimum atomic E-state index is 0.478. The molecule has 1 aliphatic carbocycles. The topological polar surface area (TPSA) is 42.8 Å². The molecule has 2 rings (SSSR count). The van der Waals surface area contributed by atoms with Crippen molar-refractivity contribution >= 4 is 12.2 Å². The molecule has 0 atom stereocenters. The maximum Gasteiger partial charge on any atom is 0.195 e. The zero-order valence-electron chi connectivity index (χ0n) is 9.03. The second-order valence-electron chi connectivity index (χ2n) is 4.00. The number of hydrogen-bond acceptors (Lipinski definition) is 3. The Kier molecular flexibility index (Phi) is 3.53. The maximum atomic E-state index is 5.78. The summed E-state index contributed by atoms with van der Waals surface area (Å²) in [5, 5.41) is 6.83. The Hall–Kier alpha value is -0.680. The van der Waals surface area contributed by atoms with Crippen molar-refractivity contribution in [1.82, 2.24) is 14.8 Å². The minimum Gasteiger partial charge on any atom is -0.376 e. The molecule has 1 saturated carbocycles. The lowest BCUT2D eigenvalue weighted by Gasteiger charge is -2.11. The van der Waals surface area contributed by atoms with E-state index in [4.69, 9.17) is 17.0 Å². The highest BCUT2D eigenvalue weighted by Gasteiger charge is 2.14. The zero-order valence-corrected chi connectivity index (χ0v) is 9.85. The van der Waals surface area contributed by atoms with Crippen LogP contribution < -0.4 is 0 Å². The highest BCUT2D eigenvalue weighted by atomic mass is 32.1. The largest absolute Gasteiger partial charge is 0.376 e. The molecule has 0 amide bonds. The van der Waals surface area contributed by atoms with Crippen molar-refractivity contribution in [2.75, 3.05) is 6.61 Å². The van der Waals surface area contributed by atoms with Gasteiger partial charge in [-0.2, -0.15) is 5.10 Å². The van der Waals surface area contributed by atoms with E-state index in [9.17, 15) is 0 Å². The lowest BCUT2D eigenvalue weighted by atomic mass is 10.3. The van der Waals surface area contributed by atoms with E-state index in [0.29, 0.717) is 10.9 Å². The predicted molar refractivity (Wildman–Crippen MR) is 60.4 cm³/mol. The van der Waals surface area contributed by atoms with E-state index in [2.05, 4.69) is 10.2 Å². The van der Waals surface area contributed by atoms with Crippen LogP contribution in [0.2, 0.25) is 0 Å². The summed E-state index contributed by atoms with van der Waals surface area (Å²) in [7, 11) is 0. The summed E-state index contributed by atoms with van der Waals surface area (Å²) in [4.78, 5) is 0. The van der Waals surface area contributed by atoms with Gasteiger partial charge < -0.3 is 9.30 Å². The molecule has 84 valence electrons. The van der Waals surface area contributed by atoms with Gasteiger partial charge in [-0.15, -0.1) is 0 Å². The first-order valence-electron chi connectivity index (χ1n) is 5.51. The first kappa shape index (κ1) is 10.8. The van der Waals surface area contributed by atoms with Crippen LogP contribution >= 0.6 is 12.2 Å². The second-order valence-corrected chi connectivity index (χ2v) is 4.39. The minimum absolute atomic E-state index is 0.478. The van der Waals surface area contributed by atoms with Crippen LogP contribution in [0.1, 0.15) is 31.5 Å². The van der Waals surface area contributed by atoms with Gasteiger partial charge in [0.1, 0.15) is 5.82 Å². The van der Waals surface area contributed by atoms with Crippen LogP contribution in [0.4, 0.5) is 0 Å². The van der Waals surface area contributed by atoms with Gasteiger partial charge in [0.2, 0.25) is 0 Å². The quantitative estimate of drug-likeness (QED) is 0.802. The van der Waals surface area contributed by atoms with Gasteiger partial charge >= 0.3 is 0 Å². The van der Waals surface area contributed by atoms with Crippen molar-refractivity contribution in [1.29, 1.82) is 0 Å². The lowest BCUT2D eigenvalue weighted by molar-refractivity contribution is 0.0525. The second kappa shape index (κ2) is 4.90. The average Bonchev–Trinajstić information content (AvgIpc) is 2.82. The normalized spacial score (nSPS) is 17.4. The molecule has 1 heterocycles. The number of rotatable bonds is 4. The van der Waals surface area contributed by atoms with Crippen LogP contribution in [0.3, 0.4) is 0 Å². The number of H-pyrrole nitrogens is 1. The molecule has 0 radical (unpaired) electrons. The Labute approximate surface area is 94.6 Å². The number of aromatic amines is 1. The number of aryl methyl sites for hydroxylation is 1. The van der Waals surface area contributed by atoms with Crippen molar-refractivity contribution in [2.24, 2.45) is 0 Å². The van der Waals surface area contributed by atoms with Gasteiger partial charge in [0.05, 0.1) is 19.3 Å². The van der Waals surface area contributed by atoms with Crippen molar-refractivity contribution in [2.45, 2.75) is 45.3 Å². The van der Waals surface area contributed by atoms with Crippen LogP contribution in [0.5, 0.6) is 0 Å². The number of ether oxygens (including phenoxy) is 1. The maximum absolute atomic E-state index is 5.78. The van der Waals surface area contributed by atoms with Crippen molar-refractivity contribution < 1.29 is 4.74 Å². The van der Waals surface area contributed by atoms with Gasteiger partial charge in [0, 0.05) is 0 Å². The summed E-state index contributed by atoms with van der Waals surface area (Å²) >= 11 is 5.11. The molecule has 0 spiro atoms. The van der Waals surface area contributed by atoms with E-state index in [0.717, 1.165) is 19.0 Å². The first-order chi connectivity index (χ1) is 7.27. The fourth-order valence-corrected chi connectivity index (χ4v) is 2.29. The third-order valence-electron chi connectivity index (χ3n) is 2.92. The predicted octanol–water partition coefficient (Wildman–Crippen LogP) is 2.21. The van der Waals surface area contributed by atoms with E-state index in [1.54, 1.807) is 0 Å². The van der Waals surface area contributed by atoms with Crippen LogP contribution in [0, 0.1) is 11.7 Å². The Morgan fingerprint density at radius 3 is 2.87 bits per heavy atom. The average molecular weight is 227 g/mol.